The lowest BCUT2D eigenvalue weighted by Gasteiger charge is -2.32. The molecule has 5 N–H and O–H groups in total. The molecule has 7 heteroatoms. The summed E-state index contributed by atoms with van der Waals surface area (Å²) in [5.41, 5.74) is 9.47. The molecule has 21 heavy (non-hydrogen) atoms. The molecule has 1 unspecified atom stereocenters. The zero-order chi connectivity index (χ0) is 15.3. The Hall–Kier alpha value is -0.850. The molecule has 0 saturated heterocycles. The van der Waals surface area contributed by atoms with Gasteiger partial charge in [0.25, 0.3) is 0 Å². The first-order valence-electron chi connectivity index (χ1n) is 7.29. The molecule has 0 bridgehead atoms. The van der Waals surface area contributed by atoms with Crippen molar-refractivity contribution in [2.24, 2.45) is 23.3 Å². The van der Waals surface area contributed by atoms with E-state index in [9.17, 15) is 14.7 Å². The minimum Gasteiger partial charge on any atom is -0.479 e. The van der Waals surface area contributed by atoms with Gasteiger partial charge in [0, 0.05) is 0 Å². The smallest absolute Gasteiger partial charge is 0.338 e. The number of carbonyl (C=O) groups is 2. The van der Waals surface area contributed by atoms with E-state index in [0.717, 1.165) is 25.7 Å². The molecule has 0 aliphatic heterocycles. The van der Waals surface area contributed by atoms with Crippen molar-refractivity contribution in [3.63, 3.8) is 0 Å². The van der Waals surface area contributed by atoms with Gasteiger partial charge in [-0.2, -0.15) is 0 Å². The third-order valence-electron chi connectivity index (χ3n) is 4.48. The van der Waals surface area contributed by atoms with Crippen molar-refractivity contribution in [2.45, 2.75) is 57.6 Å². The number of esters is 1. The molecular weight excluding hydrogens is 296 g/mol. The molecular formula is C14H27ClN2O4. The van der Waals surface area contributed by atoms with Gasteiger partial charge in [-0.3, -0.25) is 0 Å². The van der Waals surface area contributed by atoms with E-state index in [0.29, 0.717) is 18.9 Å². The average Bonchev–Trinajstić information content (AvgIpc) is 2.45. The molecule has 0 aromatic rings. The highest BCUT2D eigenvalue weighted by Crippen LogP contribution is 2.28. The second-order valence-corrected chi connectivity index (χ2v) is 5.77. The number of rotatable bonds is 6. The maximum Gasteiger partial charge on any atom is 0.338 e. The highest BCUT2D eigenvalue weighted by atomic mass is 35.5. The van der Waals surface area contributed by atoms with Crippen molar-refractivity contribution in [1.82, 2.24) is 0 Å². The minimum atomic E-state index is -1.96. The van der Waals surface area contributed by atoms with E-state index in [2.05, 4.69) is 0 Å². The molecule has 0 aromatic carbocycles. The molecule has 0 radical (unpaired) electrons. The van der Waals surface area contributed by atoms with Crippen LogP contribution in [0.1, 0.15) is 46.0 Å². The Morgan fingerprint density at radius 3 is 2.24 bits per heavy atom. The summed E-state index contributed by atoms with van der Waals surface area (Å²) in [7, 11) is 0. The minimum absolute atomic E-state index is 0. The van der Waals surface area contributed by atoms with E-state index < -0.39 is 23.4 Å². The van der Waals surface area contributed by atoms with Gasteiger partial charge in [0.05, 0.1) is 0 Å². The quantitative estimate of drug-likeness (QED) is 0.501. The van der Waals surface area contributed by atoms with Crippen molar-refractivity contribution >= 4 is 24.3 Å². The normalized spacial score (nSPS) is 26.1. The van der Waals surface area contributed by atoms with Crippen molar-refractivity contribution in [3.05, 3.63) is 0 Å². The lowest BCUT2D eigenvalue weighted by molar-refractivity contribution is -0.169. The molecule has 1 aliphatic rings. The van der Waals surface area contributed by atoms with Crippen molar-refractivity contribution < 1.29 is 19.4 Å². The number of nitrogens with two attached hydrogens (primary N) is 2. The predicted molar refractivity (Wildman–Crippen MR) is 82.1 cm³/mol. The maximum absolute atomic E-state index is 12.2. The Labute approximate surface area is 132 Å². The standard InChI is InChI=1S/C14H26N2O4.ClH/c1-3-9(2)14(16,12(17)18)13(19)20-11-6-4-10(8-15)5-7-11;/h9-11H,3-8,15-16H2,1-2H3,(H,17,18);1H/t9?,10?,11?,14-;/m1./s1. The number of hydrogen-bond donors (Lipinski definition) is 3. The fourth-order valence-electron chi connectivity index (χ4n) is 2.56. The fourth-order valence-corrected chi connectivity index (χ4v) is 2.56. The molecule has 6 nitrogen and oxygen atoms in total. The lowest BCUT2D eigenvalue weighted by atomic mass is 9.83. The highest BCUT2D eigenvalue weighted by molar-refractivity contribution is 6.04. The van der Waals surface area contributed by atoms with E-state index in [1.807, 2.05) is 0 Å². The van der Waals surface area contributed by atoms with Gasteiger partial charge in [0.1, 0.15) is 6.10 Å². The van der Waals surface area contributed by atoms with E-state index in [4.69, 9.17) is 16.2 Å². The molecule has 1 rings (SSSR count). The number of hydrogen-bond acceptors (Lipinski definition) is 5. The average molecular weight is 323 g/mol. The SMILES string of the molecule is CCC(C)[C@@](N)(C(=O)O)C(=O)OC1CCC(CN)CC1.Cl. The number of aliphatic carboxylic acids is 1. The van der Waals surface area contributed by atoms with Crippen molar-refractivity contribution in [3.8, 4) is 0 Å². The van der Waals surface area contributed by atoms with Crippen LogP contribution >= 0.6 is 12.4 Å². The molecule has 0 amide bonds. The first-order valence-corrected chi connectivity index (χ1v) is 7.29. The Kier molecular flexibility index (Phi) is 8.21. The molecule has 0 heterocycles. The summed E-state index contributed by atoms with van der Waals surface area (Å²) in [4.78, 5) is 23.5. The molecule has 1 aliphatic carbocycles. The van der Waals surface area contributed by atoms with Crippen LogP contribution < -0.4 is 11.5 Å². The van der Waals surface area contributed by atoms with E-state index in [1.165, 1.54) is 0 Å². The van der Waals surface area contributed by atoms with Crippen molar-refractivity contribution in [2.75, 3.05) is 6.54 Å². The lowest BCUT2D eigenvalue weighted by Crippen LogP contribution is -2.60. The number of halogens is 1. The van der Waals surface area contributed by atoms with Crippen molar-refractivity contribution in [1.29, 1.82) is 0 Å². The van der Waals surface area contributed by atoms with Crippen LogP contribution in [0.15, 0.2) is 0 Å². The van der Waals surface area contributed by atoms with Gasteiger partial charge >= 0.3 is 11.9 Å². The van der Waals surface area contributed by atoms with Gasteiger partial charge in [0.2, 0.25) is 5.54 Å². The summed E-state index contributed by atoms with van der Waals surface area (Å²) < 4.78 is 5.35. The Morgan fingerprint density at radius 1 is 1.33 bits per heavy atom. The second kappa shape index (κ2) is 8.56. The highest BCUT2D eigenvalue weighted by Gasteiger charge is 2.49. The van der Waals surface area contributed by atoms with E-state index in [1.54, 1.807) is 13.8 Å². The van der Waals surface area contributed by atoms with Gasteiger partial charge < -0.3 is 21.3 Å². The maximum atomic E-state index is 12.2. The second-order valence-electron chi connectivity index (χ2n) is 5.77. The fraction of sp³-hybridized carbons (Fsp3) is 0.857. The summed E-state index contributed by atoms with van der Waals surface area (Å²) in [6, 6.07) is 0. The topological polar surface area (TPSA) is 116 Å². The number of carbonyl (C=O) groups excluding carboxylic acids is 1. The first kappa shape index (κ1) is 20.1. The number of carboxylic acids is 1. The third-order valence-corrected chi connectivity index (χ3v) is 4.48. The molecule has 2 atom stereocenters. The van der Waals surface area contributed by atoms with Crippen LogP contribution in [-0.2, 0) is 14.3 Å². The molecule has 0 aromatic heterocycles. The van der Waals surface area contributed by atoms with Crippen LogP contribution in [0.3, 0.4) is 0 Å². The number of ether oxygens (including phenoxy) is 1. The van der Waals surface area contributed by atoms with Gasteiger partial charge in [-0.05, 0) is 44.1 Å². The summed E-state index contributed by atoms with van der Waals surface area (Å²) >= 11 is 0. The molecule has 124 valence electrons. The third kappa shape index (κ3) is 4.56. The molecule has 1 fully saturated rings. The summed E-state index contributed by atoms with van der Waals surface area (Å²) in [5.74, 6) is -2.16. The predicted octanol–water partition coefficient (Wildman–Crippen LogP) is 1.30. The van der Waals surface area contributed by atoms with Crippen LogP contribution in [0.5, 0.6) is 0 Å². The zero-order valence-corrected chi connectivity index (χ0v) is 13.5. The number of carboxylic acid groups (broad SMARTS) is 1. The molecule has 1 saturated carbocycles. The van der Waals surface area contributed by atoms with Crippen LogP contribution in [-0.4, -0.2) is 35.2 Å². The summed E-state index contributed by atoms with van der Waals surface area (Å²) in [5, 5.41) is 9.27. The molecule has 0 spiro atoms. The Balaban J connectivity index is 0.00000400. The van der Waals surface area contributed by atoms with E-state index >= 15 is 0 Å². The van der Waals surface area contributed by atoms with Gasteiger partial charge in [-0.25, -0.2) is 9.59 Å². The Bertz CT molecular complexity index is 359. The van der Waals surface area contributed by atoms with Crippen LogP contribution in [0, 0.1) is 11.8 Å². The zero-order valence-electron chi connectivity index (χ0n) is 12.7. The first-order chi connectivity index (χ1) is 9.36. The summed E-state index contributed by atoms with van der Waals surface area (Å²) in [6.07, 6.45) is 3.52. The summed E-state index contributed by atoms with van der Waals surface area (Å²) in [6.45, 7) is 4.10. The van der Waals surface area contributed by atoms with Gasteiger partial charge in [0.15, 0.2) is 0 Å². The Morgan fingerprint density at radius 2 is 1.86 bits per heavy atom. The van der Waals surface area contributed by atoms with Gasteiger partial charge in [-0.1, -0.05) is 20.3 Å². The van der Waals surface area contributed by atoms with Crippen LogP contribution in [0.25, 0.3) is 0 Å². The van der Waals surface area contributed by atoms with Crippen LogP contribution in [0.2, 0.25) is 0 Å². The van der Waals surface area contributed by atoms with Crippen LogP contribution in [0.4, 0.5) is 0 Å². The van der Waals surface area contributed by atoms with E-state index in [-0.39, 0.29) is 18.5 Å². The largest absolute Gasteiger partial charge is 0.479 e. The van der Waals surface area contributed by atoms with Gasteiger partial charge in [-0.15, -0.1) is 12.4 Å². The monoisotopic (exact) mass is 322 g/mol.